The van der Waals surface area contributed by atoms with Crippen LogP contribution in [-0.4, -0.2) is 41.9 Å². The maximum absolute atomic E-state index is 5.96. The number of rotatable bonds is 6. The number of benzene rings is 2. The van der Waals surface area contributed by atoms with Crippen molar-refractivity contribution in [3.8, 4) is 22.7 Å². The zero-order valence-corrected chi connectivity index (χ0v) is 15.7. The molecule has 0 aliphatic heterocycles. The van der Waals surface area contributed by atoms with E-state index in [0.29, 0.717) is 12.5 Å². The van der Waals surface area contributed by atoms with Crippen LogP contribution in [0.5, 0.6) is 5.88 Å². The highest BCUT2D eigenvalue weighted by Crippen LogP contribution is 2.30. The Kier molecular flexibility index (Phi) is 6.62. The molecule has 0 saturated heterocycles. The maximum atomic E-state index is 5.96. The molecule has 0 spiro atoms. The Morgan fingerprint density at radius 3 is 2.32 bits per heavy atom. The van der Waals surface area contributed by atoms with Crippen LogP contribution >= 0.6 is 12.4 Å². The van der Waals surface area contributed by atoms with Crippen LogP contribution in [-0.2, 0) is 0 Å². The van der Waals surface area contributed by atoms with Crippen LogP contribution in [0.25, 0.3) is 16.8 Å². The first kappa shape index (κ1) is 19.0. The number of nitrogens with zero attached hydrogens (tertiary/aromatic N) is 3. The lowest BCUT2D eigenvalue weighted by molar-refractivity contribution is 0.253. The topological polar surface area (TPSA) is 30.3 Å². The molecule has 2 aromatic carbocycles. The first-order valence-electron chi connectivity index (χ1n) is 8.13. The van der Waals surface area contributed by atoms with Gasteiger partial charge in [-0.15, -0.1) is 17.5 Å². The van der Waals surface area contributed by atoms with E-state index in [1.54, 1.807) is 0 Å². The minimum Gasteiger partial charge on any atom is -0.475 e. The molecule has 4 nitrogen and oxygen atoms in total. The number of para-hydroxylation sites is 1. The van der Waals surface area contributed by atoms with E-state index in [1.807, 2.05) is 55.3 Å². The first-order chi connectivity index (χ1) is 11.6. The second-order valence-corrected chi connectivity index (χ2v) is 6.15. The smallest absolute Gasteiger partial charge is 0.241 e. The molecule has 3 rings (SSSR count). The van der Waals surface area contributed by atoms with Crippen molar-refractivity contribution in [2.75, 3.05) is 27.2 Å². The van der Waals surface area contributed by atoms with Gasteiger partial charge in [0, 0.05) is 12.7 Å². The van der Waals surface area contributed by atoms with Gasteiger partial charge < -0.3 is 9.64 Å². The fourth-order valence-corrected chi connectivity index (χ4v) is 2.43. The van der Waals surface area contributed by atoms with E-state index in [9.17, 15) is 0 Å². The van der Waals surface area contributed by atoms with Crippen LogP contribution in [0.3, 0.4) is 0 Å². The maximum Gasteiger partial charge on any atom is 0.241 e. The summed E-state index contributed by atoms with van der Waals surface area (Å²) in [6, 6.07) is 18.5. The Balaban J connectivity index is 0.00000225. The molecule has 0 aliphatic rings. The average Bonchev–Trinajstić information content (AvgIpc) is 3.00. The van der Waals surface area contributed by atoms with Crippen LogP contribution < -0.4 is 4.74 Å². The monoisotopic (exact) mass is 357 g/mol. The predicted molar refractivity (Wildman–Crippen MR) is 105 cm³/mol. The number of ether oxygens (including phenoxy) is 1. The van der Waals surface area contributed by atoms with Gasteiger partial charge in [-0.1, -0.05) is 48.0 Å². The SMILES string of the molecule is Cc1ccc(-c2cn(-c3ccccc3)nc2OCCN(C)C)cc1.Cl. The lowest BCUT2D eigenvalue weighted by atomic mass is 10.1. The molecule has 0 radical (unpaired) electrons. The molecule has 0 amide bonds. The fourth-order valence-electron chi connectivity index (χ4n) is 2.43. The molecular formula is C20H24ClN3O. The van der Waals surface area contributed by atoms with Crippen molar-refractivity contribution in [1.82, 2.24) is 14.7 Å². The number of halogens is 1. The molecule has 0 fully saturated rings. The Hall–Kier alpha value is -2.30. The standard InChI is InChI=1S/C20H23N3O.ClH/c1-16-9-11-17(12-10-16)19-15-23(18-7-5-4-6-8-18)21-20(19)24-14-13-22(2)3;/h4-12,15H,13-14H2,1-3H3;1H. The number of aromatic nitrogens is 2. The Bertz CT molecular complexity index is 782. The highest BCUT2D eigenvalue weighted by Gasteiger charge is 2.13. The van der Waals surface area contributed by atoms with Gasteiger partial charge in [0.2, 0.25) is 5.88 Å². The average molecular weight is 358 g/mol. The number of hydrogen-bond donors (Lipinski definition) is 0. The van der Waals surface area contributed by atoms with Crippen molar-refractivity contribution in [2.24, 2.45) is 0 Å². The van der Waals surface area contributed by atoms with Crippen LogP contribution in [0.4, 0.5) is 0 Å². The van der Waals surface area contributed by atoms with Crippen molar-refractivity contribution in [2.45, 2.75) is 6.92 Å². The molecule has 0 atom stereocenters. The second kappa shape index (κ2) is 8.70. The third-order valence-corrected chi connectivity index (χ3v) is 3.84. The van der Waals surface area contributed by atoms with Crippen molar-refractivity contribution in [3.63, 3.8) is 0 Å². The molecule has 3 aromatic rings. The van der Waals surface area contributed by atoms with E-state index in [-0.39, 0.29) is 12.4 Å². The molecule has 0 saturated carbocycles. The van der Waals surface area contributed by atoms with Gasteiger partial charge in [-0.05, 0) is 38.7 Å². The van der Waals surface area contributed by atoms with E-state index in [2.05, 4.69) is 41.2 Å². The lowest BCUT2D eigenvalue weighted by Crippen LogP contribution is -2.19. The molecule has 0 aliphatic carbocycles. The third-order valence-electron chi connectivity index (χ3n) is 3.84. The number of hydrogen-bond acceptors (Lipinski definition) is 3. The first-order valence-corrected chi connectivity index (χ1v) is 8.13. The van der Waals surface area contributed by atoms with E-state index in [4.69, 9.17) is 4.74 Å². The summed E-state index contributed by atoms with van der Waals surface area (Å²) in [4.78, 5) is 2.10. The summed E-state index contributed by atoms with van der Waals surface area (Å²) in [5.74, 6) is 0.671. The lowest BCUT2D eigenvalue weighted by Gasteiger charge is -2.10. The summed E-state index contributed by atoms with van der Waals surface area (Å²) in [6.45, 7) is 3.55. The van der Waals surface area contributed by atoms with Gasteiger partial charge in [-0.25, -0.2) is 4.68 Å². The van der Waals surface area contributed by atoms with Gasteiger partial charge in [0.1, 0.15) is 6.61 Å². The van der Waals surface area contributed by atoms with E-state index < -0.39 is 0 Å². The van der Waals surface area contributed by atoms with Crippen molar-refractivity contribution in [3.05, 3.63) is 66.4 Å². The predicted octanol–water partition coefficient (Wildman–Crippen LogP) is 4.21. The van der Waals surface area contributed by atoms with Crippen LogP contribution in [0.1, 0.15) is 5.56 Å². The van der Waals surface area contributed by atoms with E-state index in [0.717, 1.165) is 23.4 Å². The number of aryl methyl sites for hydroxylation is 1. The second-order valence-electron chi connectivity index (χ2n) is 6.15. The summed E-state index contributed by atoms with van der Waals surface area (Å²) in [6.07, 6.45) is 2.03. The summed E-state index contributed by atoms with van der Waals surface area (Å²) in [7, 11) is 4.07. The molecule has 5 heteroatoms. The summed E-state index contributed by atoms with van der Waals surface area (Å²) in [5.41, 5.74) is 4.39. The van der Waals surface area contributed by atoms with Gasteiger partial charge in [0.05, 0.1) is 11.3 Å². The minimum absolute atomic E-state index is 0. The molecule has 0 unspecified atom stereocenters. The normalized spacial score (nSPS) is 10.6. The molecule has 0 bridgehead atoms. The van der Waals surface area contributed by atoms with Crippen LogP contribution in [0, 0.1) is 6.92 Å². The zero-order chi connectivity index (χ0) is 16.9. The fraction of sp³-hybridized carbons (Fsp3) is 0.250. The van der Waals surface area contributed by atoms with Gasteiger partial charge in [0.25, 0.3) is 0 Å². The molecular weight excluding hydrogens is 334 g/mol. The molecule has 132 valence electrons. The Labute approximate surface area is 155 Å². The Morgan fingerprint density at radius 1 is 1.00 bits per heavy atom. The quantitative estimate of drug-likeness (QED) is 0.662. The minimum atomic E-state index is 0. The highest BCUT2D eigenvalue weighted by atomic mass is 35.5. The highest BCUT2D eigenvalue weighted by molar-refractivity contribution is 5.85. The summed E-state index contributed by atoms with van der Waals surface area (Å²) < 4.78 is 7.84. The van der Waals surface area contributed by atoms with Crippen molar-refractivity contribution in [1.29, 1.82) is 0 Å². The van der Waals surface area contributed by atoms with Crippen molar-refractivity contribution >= 4 is 12.4 Å². The van der Waals surface area contributed by atoms with Gasteiger partial charge >= 0.3 is 0 Å². The van der Waals surface area contributed by atoms with Gasteiger partial charge in [-0.3, -0.25) is 0 Å². The number of likely N-dealkylation sites (N-methyl/N-ethyl adjacent to an activating group) is 1. The molecule has 1 heterocycles. The van der Waals surface area contributed by atoms with Gasteiger partial charge in [-0.2, -0.15) is 0 Å². The molecule has 25 heavy (non-hydrogen) atoms. The third kappa shape index (κ3) is 4.84. The Morgan fingerprint density at radius 2 is 1.68 bits per heavy atom. The van der Waals surface area contributed by atoms with E-state index >= 15 is 0 Å². The summed E-state index contributed by atoms with van der Waals surface area (Å²) >= 11 is 0. The van der Waals surface area contributed by atoms with E-state index in [1.165, 1.54) is 5.56 Å². The summed E-state index contributed by atoms with van der Waals surface area (Å²) in [5, 5.41) is 4.65. The van der Waals surface area contributed by atoms with Gasteiger partial charge in [0.15, 0.2) is 0 Å². The van der Waals surface area contributed by atoms with Crippen LogP contribution in [0.15, 0.2) is 60.8 Å². The molecule has 1 aromatic heterocycles. The molecule has 0 N–H and O–H groups in total. The van der Waals surface area contributed by atoms with Crippen molar-refractivity contribution < 1.29 is 4.74 Å². The zero-order valence-electron chi connectivity index (χ0n) is 14.8. The van der Waals surface area contributed by atoms with Crippen LogP contribution in [0.2, 0.25) is 0 Å². The largest absolute Gasteiger partial charge is 0.475 e.